The molecule has 1 aromatic heterocycles. The fourth-order valence-corrected chi connectivity index (χ4v) is 1.79. The van der Waals surface area contributed by atoms with Crippen molar-refractivity contribution in [2.24, 2.45) is 0 Å². The number of anilines is 2. The summed E-state index contributed by atoms with van der Waals surface area (Å²) in [7, 11) is 0. The van der Waals surface area contributed by atoms with Crippen LogP contribution in [-0.2, 0) is 4.79 Å². The number of aromatic nitrogens is 1. The lowest BCUT2D eigenvalue weighted by atomic mass is 10.3. The number of halogens is 1. The van der Waals surface area contributed by atoms with Crippen LogP contribution in [0.25, 0.3) is 0 Å². The Balaban J connectivity index is 1.70. The molecule has 110 valence electrons. The first-order chi connectivity index (χ1) is 10.1. The summed E-state index contributed by atoms with van der Waals surface area (Å²) < 4.78 is 5.52. The molecule has 0 bridgehead atoms. The van der Waals surface area contributed by atoms with E-state index in [1.165, 1.54) is 6.20 Å². The Morgan fingerprint density at radius 3 is 2.81 bits per heavy atom. The van der Waals surface area contributed by atoms with E-state index in [4.69, 9.17) is 22.1 Å². The highest BCUT2D eigenvalue weighted by atomic mass is 35.5. The van der Waals surface area contributed by atoms with Gasteiger partial charge in [0.25, 0.3) is 0 Å². The van der Waals surface area contributed by atoms with Crippen LogP contribution in [0, 0.1) is 0 Å². The molecule has 6 heteroatoms. The van der Waals surface area contributed by atoms with Gasteiger partial charge >= 0.3 is 0 Å². The van der Waals surface area contributed by atoms with Gasteiger partial charge in [-0.2, -0.15) is 0 Å². The zero-order chi connectivity index (χ0) is 15.1. The molecule has 0 atom stereocenters. The second kappa shape index (κ2) is 7.50. The predicted octanol–water partition coefficient (Wildman–Crippen LogP) is 3.11. The van der Waals surface area contributed by atoms with Gasteiger partial charge in [0.1, 0.15) is 11.6 Å². The molecule has 0 spiro atoms. The molecule has 1 amide bonds. The molecule has 0 aliphatic carbocycles. The third-order valence-corrected chi connectivity index (χ3v) is 2.94. The van der Waals surface area contributed by atoms with Gasteiger partial charge in [0.15, 0.2) is 0 Å². The fraction of sp³-hybridized carbons (Fsp3) is 0.200. The summed E-state index contributed by atoms with van der Waals surface area (Å²) in [5.41, 5.74) is 6.34. The molecule has 0 saturated heterocycles. The van der Waals surface area contributed by atoms with Crippen LogP contribution in [0.3, 0.4) is 0 Å². The zero-order valence-electron chi connectivity index (χ0n) is 11.4. The first kappa shape index (κ1) is 15.1. The quantitative estimate of drug-likeness (QED) is 0.635. The van der Waals surface area contributed by atoms with Crippen molar-refractivity contribution in [3.8, 4) is 5.75 Å². The minimum Gasteiger partial charge on any atom is -0.491 e. The highest BCUT2D eigenvalue weighted by molar-refractivity contribution is 6.30. The molecule has 0 saturated carbocycles. The second-order valence-corrected chi connectivity index (χ2v) is 4.84. The lowest BCUT2D eigenvalue weighted by Gasteiger charge is -2.08. The Labute approximate surface area is 128 Å². The number of amides is 1. The topological polar surface area (TPSA) is 77.2 Å². The number of pyridine rings is 1. The molecule has 3 N–H and O–H groups in total. The van der Waals surface area contributed by atoms with E-state index >= 15 is 0 Å². The van der Waals surface area contributed by atoms with E-state index in [1.807, 2.05) is 12.1 Å². The number of hydrogen-bond donors (Lipinski definition) is 2. The van der Waals surface area contributed by atoms with E-state index in [0.29, 0.717) is 41.7 Å². The van der Waals surface area contributed by atoms with Crippen LogP contribution in [0.4, 0.5) is 11.5 Å². The van der Waals surface area contributed by atoms with Gasteiger partial charge in [0, 0.05) is 12.6 Å². The smallest absolute Gasteiger partial charge is 0.225 e. The van der Waals surface area contributed by atoms with Crippen molar-refractivity contribution in [1.29, 1.82) is 0 Å². The van der Waals surface area contributed by atoms with Crippen molar-refractivity contribution >= 4 is 29.0 Å². The maximum atomic E-state index is 11.7. The van der Waals surface area contributed by atoms with Gasteiger partial charge in [-0.1, -0.05) is 23.7 Å². The predicted molar refractivity (Wildman–Crippen MR) is 83.5 cm³/mol. The zero-order valence-corrected chi connectivity index (χ0v) is 12.1. The number of nitrogens with two attached hydrogens (primary N) is 1. The number of nitrogens with zero attached hydrogens (tertiary/aromatic N) is 1. The Morgan fingerprint density at radius 1 is 1.29 bits per heavy atom. The van der Waals surface area contributed by atoms with Crippen molar-refractivity contribution in [2.45, 2.75) is 12.8 Å². The maximum Gasteiger partial charge on any atom is 0.225 e. The summed E-state index contributed by atoms with van der Waals surface area (Å²) in [6.45, 7) is 0.426. The molecule has 1 heterocycles. The maximum absolute atomic E-state index is 11.7. The number of carbonyl (C=O) groups excluding carboxylic acids is 1. The van der Waals surface area contributed by atoms with Crippen molar-refractivity contribution < 1.29 is 9.53 Å². The second-order valence-electron chi connectivity index (χ2n) is 4.40. The van der Waals surface area contributed by atoms with Gasteiger partial charge in [0.05, 0.1) is 17.3 Å². The summed E-state index contributed by atoms with van der Waals surface area (Å²) >= 11 is 5.72. The van der Waals surface area contributed by atoms with E-state index < -0.39 is 0 Å². The average Bonchev–Trinajstić information content (AvgIpc) is 2.48. The van der Waals surface area contributed by atoms with Gasteiger partial charge in [-0.25, -0.2) is 4.98 Å². The summed E-state index contributed by atoms with van der Waals surface area (Å²) in [5.74, 6) is 1.00. The van der Waals surface area contributed by atoms with Gasteiger partial charge < -0.3 is 15.8 Å². The minimum absolute atomic E-state index is 0.116. The molecule has 0 aliphatic rings. The third-order valence-electron chi connectivity index (χ3n) is 2.72. The molecule has 1 aromatic carbocycles. The molecular weight excluding hydrogens is 290 g/mol. The van der Waals surface area contributed by atoms with E-state index in [-0.39, 0.29) is 5.91 Å². The molecule has 2 rings (SSSR count). The lowest BCUT2D eigenvalue weighted by molar-refractivity contribution is -0.116. The Hall–Kier alpha value is -2.27. The molecule has 2 aromatic rings. The molecule has 0 radical (unpaired) electrons. The molecule has 5 nitrogen and oxygen atoms in total. The van der Waals surface area contributed by atoms with Crippen LogP contribution in [0.5, 0.6) is 5.75 Å². The summed E-state index contributed by atoms with van der Waals surface area (Å²) in [6.07, 6.45) is 2.42. The molecule has 0 unspecified atom stereocenters. The number of nitrogens with one attached hydrogen (secondary N) is 1. The van der Waals surface area contributed by atoms with E-state index in [0.717, 1.165) is 0 Å². The summed E-state index contributed by atoms with van der Waals surface area (Å²) in [5, 5.41) is 3.22. The molecule has 21 heavy (non-hydrogen) atoms. The van der Waals surface area contributed by atoms with Crippen molar-refractivity contribution in [1.82, 2.24) is 4.98 Å². The number of hydrogen-bond acceptors (Lipinski definition) is 4. The monoisotopic (exact) mass is 305 g/mol. The number of nitrogen functional groups attached to an aromatic ring is 1. The van der Waals surface area contributed by atoms with Crippen LogP contribution >= 0.6 is 11.6 Å². The highest BCUT2D eigenvalue weighted by Crippen LogP contribution is 2.19. The highest BCUT2D eigenvalue weighted by Gasteiger charge is 2.04. The molecule has 0 fully saturated rings. The van der Waals surface area contributed by atoms with Crippen LogP contribution in [-0.4, -0.2) is 17.5 Å². The van der Waals surface area contributed by atoms with Crippen molar-refractivity contribution in [3.05, 3.63) is 47.6 Å². The summed E-state index contributed by atoms with van der Waals surface area (Å²) in [6, 6.07) is 10.6. The third kappa shape index (κ3) is 4.96. The van der Waals surface area contributed by atoms with Crippen molar-refractivity contribution in [3.63, 3.8) is 0 Å². The van der Waals surface area contributed by atoms with E-state index in [2.05, 4.69) is 10.3 Å². The number of rotatable bonds is 6. The summed E-state index contributed by atoms with van der Waals surface area (Å²) in [4.78, 5) is 15.7. The first-order valence-electron chi connectivity index (χ1n) is 6.54. The van der Waals surface area contributed by atoms with Crippen LogP contribution in [0.2, 0.25) is 5.02 Å². The Kier molecular flexibility index (Phi) is 5.40. The average molecular weight is 306 g/mol. The largest absolute Gasteiger partial charge is 0.491 e. The number of carbonyl (C=O) groups is 1. The van der Waals surface area contributed by atoms with Gasteiger partial charge in [-0.05, 0) is 30.7 Å². The van der Waals surface area contributed by atoms with Gasteiger partial charge in [-0.3, -0.25) is 4.79 Å². The standard InChI is InChI=1S/C15H16ClN3O2/c16-11-7-8-14(18-10-11)19-15(20)6-3-9-21-13-5-2-1-4-12(13)17/h1-2,4-5,7-8,10H,3,6,9,17H2,(H,18,19,20). The Bertz CT molecular complexity index is 602. The van der Waals surface area contributed by atoms with Crippen LogP contribution in [0.15, 0.2) is 42.6 Å². The number of ether oxygens (including phenoxy) is 1. The molecular formula is C15H16ClN3O2. The molecule has 0 aliphatic heterocycles. The lowest BCUT2D eigenvalue weighted by Crippen LogP contribution is -2.13. The van der Waals surface area contributed by atoms with E-state index in [1.54, 1.807) is 24.3 Å². The van der Waals surface area contributed by atoms with Crippen LogP contribution < -0.4 is 15.8 Å². The fourth-order valence-electron chi connectivity index (χ4n) is 1.68. The number of para-hydroxylation sites is 2. The minimum atomic E-state index is -0.116. The Morgan fingerprint density at radius 2 is 2.10 bits per heavy atom. The van der Waals surface area contributed by atoms with E-state index in [9.17, 15) is 4.79 Å². The normalized spacial score (nSPS) is 10.1. The van der Waals surface area contributed by atoms with Crippen LogP contribution in [0.1, 0.15) is 12.8 Å². The van der Waals surface area contributed by atoms with Gasteiger partial charge in [0.2, 0.25) is 5.91 Å². The SMILES string of the molecule is Nc1ccccc1OCCCC(=O)Nc1ccc(Cl)cn1. The van der Waals surface area contributed by atoms with Crippen molar-refractivity contribution in [2.75, 3.05) is 17.7 Å². The number of benzene rings is 1. The van der Waals surface area contributed by atoms with Gasteiger partial charge in [-0.15, -0.1) is 0 Å². The first-order valence-corrected chi connectivity index (χ1v) is 6.91.